The normalized spacial score (nSPS) is 13.0. The Balaban J connectivity index is 3.15. The van der Waals surface area contributed by atoms with E-state index < -0.39 is 8.07 Å². The van der Waals surface area contributed by atoms with Crippen molar-refractivity contribution in [3.8, 4) is 0 Å². The Bertz CT molecular complexity index is 289. The molecule has 78 valence electrons. The number of aromatic nitrogens is 1. The number of hydrogen-bond acceptors (Lipinski definition) is 1. The Labute approximate surface area is 88.6 Å². The van der Waals surface area contributed by atoms with Gasteiger partial charge >= 0.3 is 0 Å². The fraction of sp³-hybridized carbons (Fsp3) is 0.583. The van der Waals surface area contributed by atoms with E-state index in [2.05, 4.69) is 57.5 Å². The lowest BCUT2D eigenvalue weighted by Gasteiger charge is -2.22. The molecule has 0 bridgehead atoms. The molecule has 0 amide bonds. The molecule has 0 aliphatic carbocycles. The second-order valence-corrected chi connectivity index (χ2v) is 11.0. The molecule has 0 saturated heterocycles. The number of nitrogens with zero attached hydrogens (tertiary/aromatic N) is 1. The van der Waals surface area contributed by atoms with Gasteiger partial charge in [0.05, 0.1) is 8.07 Å². The summed E-state index contributed by atoms with van der Waals surface area (Å²) in [4.78, 5) is 4.45. The van der Waals surface area contributed by atoms with Gasteiger partial charge in [0.1, 0.15) is 0 Å². The highest BCUT2D eigenvalue weighted by Crippen LogP contribution is 2.19. The van der Waals surface area contributed by atoms with E-state index in [1.807, 2.05) is 6.20 Å². The topological polar surface area (TPSA) is 12.9 Å². The quantitative estimate of drug-likeness (QED) is 0.645. The van der Waals surface area contributed by atoms with Crippen molar-refractivity contribution in [3.05, 3.63) is 24.0 Å². The van der Waals surface area contributed by atoms with Gasteiger partial charge in [-0.05, 0) is 12.1 Å². The third-order valence-electron chi connectivity index (χ3n) is 2.39. The van der Waals surface area contributed by atoms with E-state index in [0.717, 1.165) is 0 Å². The summed E-state index contributed by atoms with van der Waals surface area (Å²) >= 11 is 0. The second-order valence-electron chi connectivity index (χ2n) is 5.93. The molecule has 2 heteroatoms. The van der Waals surface area contributed by atoms with E-state index in [4.69, 9.17) is 0 Å². The van der Waals surface area contributed by atoms with Crippen LogP contribution in [0.4, 0.5) is 0 Å². The Morgan fingerprint density at radius 1 is 1.14 bits per heavy atom. The SMILES string of the molecule is CC(C)(C)c1cc([Si](C)(C)C)ccn1. The summed E-state index contributed by atoms with van der Waals surface area (Å²) in [6, 6.07) is 4.45. The maximum Gasteiger partial charge on any atom is 0.0777 e. The molecule has 0 radical (unpaired) electrons. The van der Waals surface area contributed by atoms with Crippen molar-refractivity contribution in [3.63, 3.8) is 0 Å². The lowest BCUT2D eigenvalue weighted by Crippen LogP contribution is -2.38. The van der Waals surface area contributed by atoms with Crippen LogP contribution < -0.4 is 5.19 Å². The van der Waals surface area contributed by atoms with Crippen LogP contribution in [0.5, 0.6) is 0 Å². The molecule has 1 nitrogen and oxygen atoms in total. The average Bonchev–Trinajstić information content (AvgIpc) is 2.01. The van der Waals surface area contributed by atoms with Crippen molar-refractivity contribution in [1.29, 1.82) is 0 Å². The summed E-state index contributed by atoms with van der Waals surface area (Å²) in [5.41, 5.74) is 1.37. The van der Waals surface area contributed by atoms with E-state index in [1.54, 1.807) is 0 Å². The monoisotopic (exact) mass is 207 g/mol. The average molecular weight is 207 g/mol. The van der Waals surface area contributed by atoms with Crippen LogP contribution >= 0.6 is 0 Å². The predicted molar refractivity (Wildman–Crippen MR) is 65.9 cm³/mol. The molecule has 0 aromatic carbocycles. The zero-order valence-electron chi connectivity index (χ0n) is 10.2. The van der Waals surface area contributed by atoms with Crippen LogP contribution in [0, 0.1) is 0 Å². The summed E-state index contributed by atoms with van der Waals surface area (Å²) in [5, 5.41) is 1.50. The van der Waals surface area contributed by atoms with Gasteiger partial charge < -0.3 is 0 Å². The molecule has 1 aromatic rings. The zero-order chi connectivity index (χ0) is 11.0. The smallest absolute Gasteiger partial charge is 0.0777 e. The summed E-state index contributed by atoms with van der Waals surface area (Å²) in [6.45, 7) is 13.7. The van der Waals surface area contributed by atoms with Crippen molar-refractivity contribution < 1.29 is 0 Å². The molecule has 1 aromatic heterocycles. The van der Waals surface area contributed by atoms with Crippen molar-refractivity contribution in [2.24, 2.45) is 0 Å². The van der Waals surface area contributed by atoms with Crippen LogP contribution in [0.15, 0.2) is 18.3 Å². The highest BCUT2D eigenvalue weighted by Gasteiger charge is 2.20. The van der Waals surface area contributed by atoms with Crippen molar-refractivity contribution in [2.75, 3.05) is 0 Å². The molecule has 0 saturated carbocycles. The van der Waals surface area contributed by atoms with Crippen LogP contribution in [-0.4, -0.2) is 13.1 Å². The summed E-state index contributed by atoms with van der Waals surface area (Å²) in [7, 11) is -1.18. The number of hydrogen-bond donors (Lipinski definition) is 0. The van der Waals surface area contributed by atoms with Gasteiger partial charge in [0.2, 0.25) is 0 Å². The first-order valence-corrected chi connectivity index (χ1v) is 8.68. The van der Waals surface area contributed by atoms with E-state index in [9.17, 15) is 0 Å². The van der Waals surface area contributed by atoms with E-state index in [-0.39, 0.29) is 5.41 Å². The van der Waals surface area contributed by atoms with Gasteiger partial charge in [-0.1, -0.05) is 45.6 Å². The molecule has 0 atom stereocenters. The minimum Gasteiger partial charge on any atom is -0.261 e. The van der Waals surface area contributed by atoms with Crippen molar-refractivity contribution in [2.45, 2.75) is 45.8 Å². The zero-order valence-corrected chi connectivity index (χ0v) is 11.2. The summed E-state index contributed by atoms with van der Waals surface area (Å²) in [6.07, 6.45) is 1.95. The first kappa shape index (κ1) is 11.4. The lowest BCUT2D eigenvalue weighted by atomic mass is 9.92. The van der Waals surface area contributed by atoms with E-state index in [0.29, 0.717) is 0 Å². The molecule has 14 heavy (non-hydrogen) atoms. The molecule has 1 heterocycles. The lowest BCUT2D eigenvalue weighted by molar-refractivity contribution is 0.569. The number of rotatable bonds is 1. The molecule has 0 aliphatic rings. The van der Waals surface area contributed by atoms with Crippen LogP contribution in [-0.2, 0) is 5.41 Å². The Morgan fingerprint density at radius 3 is 2.14 bits per heavy atom. The Morgan fingerprint density at radius 2 is 1.71 bits per heavy atom. The standard InChI is InChI=1S/C12H21NSi/c1-12(2,3)11-9-10(7-8-13-11)14(4,5)6/h7-9H,1-6H3. The molecule has 0 aliphatic heterocycles. The Kier molecular flexibility index (Phi) is 2.86. The van der Waals surface area contributed by atoms with Gasteiger partial charge in [-0.3, -0.25) is 4.98 Å². The van der Waals surface area contributed by atoms with E-state index in [1.165, 1.54) is 10.9 Å². The largest absolute Gasteiger partial charge is 0.261 e. The molecule has 1 rings (SSSR count). The summed E-state index contributed by atoms with van der Waals surface area (Å²) < 4.78 is 0. The van der Waals surface area contributed by atoms with Gasteiger partial charge in [-0.15, -0.1) is 0 Å². The third kappa shape index (κ3) is 2.68. The first-order chi connectivity index (χ1) is 6.21. The van der Waals surface area contributed by atoms with Crippen LogP contribution in [0.1, 0.15) is 26.5 Å². The number of pyridine rings is 1. The molecular weight excluding hydrogens is 186 g/mol. The molecular formula is C12H21NSi. The van der Waals surface area contributed by atoms with E-state index >= 15 is 0 Å². The fourth-order valence-corrected chi connectivity index (χ4v) is 2.45. The minimum absolute atomic E-state index is 0.162. The van der Waals surface area contributed by atoms with Crippen molar-refractivity contribution >= 4 is 13.3 Å². The van der Waals surface area contributed by atoms with Crippen LogP contribution in [0.3, 0.4) is 0 Å². The van der Waals surface area contributed by atoms with Gasteiger partial charge in [-0.25, -0.2) is 0 Å². The molecule has 0 spiro atoms. The molecule has 0 N–H and O–H groups in total. The van der Waals surface area contributed by atoms with Crippen molar-refractivity contribution in [1.82, 2.24) is 4.98 Å². The third-order valence-corrected chi connectivity index (χ3v) is 4.44. The van der Waals surface area contributed by atoms with Crippen LogP contribution in [0.25, 0.3) is 0 Å². The van der Waals surface area contributed by atoms with Gasteiger partial charge in [0.25, 0.3) is 0 Å². The first-order valence-electron chi connectivity index (χ1n) is 5.18. The van der Waals surface area contributed by atoms with Gasteiger partial charge in [0.15, 0.2) is 0 Å². The maximum atomic E-state index is 4.45. The summed E-state index contributed by atoms with van der Waals surface area (Å²) in [5.74, 6) is 0. The predicted octanol–water partition coefficient (Wildman–Crippen LogP) is 2.92. The maximum absolute atomic E-state index is 4.45. The highest BCUT2D eigenvalue weighted by molar-refractivity contribution is 6.88. The van der Waals surface area contributed by atoms with Crippen LogP contribution in [0.2, 0.25) is 19.6 Å². The second kappa shape index (κ2) is 3.50. The fourth-order valence-electron chi connectivity index (χ4n) is 1.31. The molecule has 0 unspecified atom stereocenters. The highest BCUT2D eigenvalue weighted by atomic mass is 28.3. The van der Waals surface area contributed by atoms with Gasteiger partial charge in [-0.2, -0.15) is 0 Å². The van der Waals surface area contributed by atoms with Gasteiger partial charge in [0, 0.05) is 17.3 Å². The molecule has 0 fully saturated rings. The Hall–Kier alpha value is -0.633. The minimum atomic E-state index is -1.18.